The fourth-order valence-corrected chi connectivity index (χ4v) is 0.737. The third-order valence-corrected chi connectivity index (χ3v) is 1.21. The molecule has 6 nitrogen and oxygen atoms in total. The highest BCUT2D eigenvalue weighted by Crippen LogP contribution is 1.76. The Morgan fingerprint density at radius 3 is 2.08 bits per heavy atom. The number of nitrogens with zero attached hydrogens (tertiary/aromatic N) is 1. The van der Waals surface area contributed by atoms with Gasteiger partial charge in [0.15, 0.2) is 0 Å². The predicted molar refractivity (Wildman–Crippen MR) is 47.4 cm³/mol. The second-order valence-corrected chi connectivity index (χ2v) is 2.92. The Labute approximate surface area is 77.8 Å². The fraction of sp³-hybridized carbons (Fsp3) is 1.00. The summed E-state index contributed by atoms with van der Waals surface area (Å²) in [6.07, 6.45) is 0. The number of hydrogen-bond acceptors (Lipinski definition) is 3. The highest BCUT2D eigenvalue weighted by atomic mass is 16.7. The number of rotatable bonds is 2. The van der Waals surface area contributed by atoms with Crippen LogP contribution in [0.2, 0.25) is 0 Å². The Morgan fingerprint density at radius 2 is 2.00 bits per heavy atom. The predicted octanol–water partition coefficient (Wildman–Crippen LogP) is -0.326. The van der Waals surface area contributed by atoms with Gasteiger partial charge in [-0.25, -0.2) is 5.21 Å². The van der Waals surface area contributed by atoms with Crippen molar-refractivity contribution in [3.63, 3.8) is 0 Å². The summed E-state index contributed by atoms with van der Waals surface area (Å²) in [7, 11) is 0. The van der Waals surface area contributed by atoms with E-state index in [1.807, 2.05) is 0 Å². The molecule has 6 heteroatoms. The van der Waals surface area contributed by atoms with Crippen LogP contribution in [0.25, 0.3) is 0 Å². The van der Waals surface area contributed by atoms with E-state index in [2.05, 4.69) is 10.7 Å². The summed E-state index contributed by atoms with van der Waals surface area (Å²) in [4.78, 5) is 9.62. The maximum Gasteiger partial charge on any atom is 0.354 e. The van der Waals surface area contributed by atoms with Crippen molar-refractivity contribution in [1.29, 1.82) is 0 Å². The van der Waals surface area contributed by atoms with Crippen LogP contribution in [0, 0.1) is 4.91 Å². The molecule has 1 aliphatic rings. The Bertz CT molecular complexity index is 125. The summed E-state index contributed by atoms with van der Waals surface area (Å²) in [6, 6.07) is -0.0116. The minimum atomic E-state index is -0.301. The Kier molecular flexibility index (Phi) is 7.23. The van der Waals surface area contributed by atoms with E-state index in [9.17, 15) is 4.91 Å². The van der Waals surface area contributed by atoms with Crippen LogP contribution in [0.5, 0.6) is 0 Å². The molecular formula is C7H18N3O3+. The fourth-order valence-electron chi connectivity index (χ4n) is 0.737. The standard InChI is InChI=1S/C4H9NO.C3H9N2O2/c1-3-6-4-2-5-1;1-3(2)4-5(6)7/h5H,1-4H2;3-4H,1-2H3,(H,6,7)/q;+1. The molecular weight excluding hydrogens is 174 g/mol. The summed E-state index contributed by atoms with van der Waals surface area (Å²) >= 11 is 0. The molecule has 1 fully saturated rings. The molecule has 0 unspecified atom stereocenters. The van der Waals surface area contributed by atoms with Crippen molar-refractivity contribution >= 4 is 0 Å². The molecule has 1 heterocycles. The van der Waals surface area contributed by atoms with E-state index < -0.39 is 0 Å². The van der Waals surface area contributed by atoms with Crippen LogP contribution in [0.3, 0.4) is 0 Å². The average molecular weight is 192 g/mol. The quantitative estimate of drug-likeness (QED) is 0.523. The first-order valence-electron chi connectivity index (χ1n) is 4.33. The van der Waals surface area contributed by atoms with Gasteiger partial charge in [0.05, 0.1) is 19.3 Å². The van der Waals surface area contributed by atoms with E-state index in [0.29, 0.717) is 0 Å². The van der Waals surface area contributed by atoms with E-state index in [-0.39, 0.29) is 11.1 Å². The van der Waals surface area contributed by atoms with Crippen LogP contribution >= 0.6 is 0 Å². The Morgan fingerprint density at radius 1 is 1.46 bits per heavy atom. The van der Waals surface area contributed by atoms with Crippen molar-refractivity contribution in [1.82, 2.24) is 10.7 Å². The molecule has 1 aliphatic heterocycles. The average Bonchev–Trinajstić information content (AvgIpc) is 2.06. The van der Waals surface area contributed by atoms with E-state index in [4.69, 9.17) is 9.94 Å². The molecule has 1 rings (SSSR count). The number of nitrogens with one attached hydrogen (secondary N) is 2. The Hall–Kier alpha value is -0.880. The highest BCUT2D eigenvalue weighted by Gasteiger charge is 2.01. The zero-order valence-corrected chi connectivity index (χ0v) is 8.12. The molecule has 0 spiro atoms. The second-order valence-electron chi connectivity index (χ2n) is 2.92. The number of hydrazine groups is 1. The smallest absolute Gasteiger partial charge is 0.354 e. The molecule has 0 aromatic rings. The van der Waals surface area contributed by atoms with Crippen LogP contribution in [-0.2, 0) is 4.74 Å². The number of morpholine rings is 1. The molecule has 0 radical (unpaired) electrons. The van der Waals surface area contributed by atoms with Gasteiger partial charge in [0.1, 0.15) is 4.91 Å². The van der Waals surface area contributed by atoms with Crippen molar-refractivity contribution in [3.05, 3.63) is 4.91 Å². The van der Waals surface area contributed by atoms with Crippen LogP contribution < -0.4 is 10.7 Å². The van der Waals surface area contributed by atoms with Gasteiger partial charge in [-0.1, -0.05) is 5.43 Å². The van der Waals surface area contributed by atoms with Gasteiger partial charge >= 0.3 is 5.03 Å². The van der Waals surface area contributed by atoms with E-state index >= 15 is 0 Å². The van der Waals surface area contributed by atoms with Gasteiger partial charge in [-0.05, 0) is 13.8 Å². The van der Waals surface area contributed by atoms with E-state index in [0.717, 1.165) is 26.3 Å². The monoisotopic (exact) mass is 192 g/mol. The van der Waals surface area contributed by atoms with Gasteiger partial charge in [-0.2, -0.15) is 0 Å². The first-order valence-corrected chi connectivity index (χ1v) is 4.33. The van der Waals surface area contributed by atoms with Crippen molar-refractivity contribution < 1.29 is 15.0 Å². The SMILES string of the molecule is C1COCCN1.CC(C)N[N+](=O)O. The lowest BCUT2D eigenvalue weighted by Gasteiger charge is -2.10. The van der Waals surface area contributed by atoms with Crippen molar-refractivity contribution in [3.8, 4) is 0 Å². The van der Waals surface area contributed by atoms with Gasteiger partial charge in [0.25, 0.3) is 0 Å². The largest absolute Gasteiger partial charge is 0.379 e. The zero-order chi connectivity index (χ0) is 10.1. The lowest BCUT2D eigenvalue weighted by atomic mass is 10.4. The van der Waals surface area contributed by atoms with Crippen molar-refractivity contribution in [2.24, 2.45) is 0 Å². The number of hydrogen-bond donors (Lipinski definition) is 3. The minimum Gasteiger partial charge on any atom is -0.379 e. The van der Waals surface area contributed by atoms with Crippen molar-refractivity contribution in [2.75, 3.05) is 26.3 Å². The first-order chi connectivity index (χ1) is 6.13. The van der Waals surface area contributed by atoms with Gasteiger partial charge in [0.2, 0.25) is 0 Å². The van der Waals surface area contributed by atoms with Crippen LogP contribution in [0.4, 0.5) is 0 Å². The molecule has 1 saturated heterocycles. The molecule has 13 heavy (non-hydrogen) atoms. The molecule has 78 valence electrons. The van der Waals surface area contributed by atoms with E-state index in [1.165, 1.54) is 0 Å². The topological polar surface area (TPSA) is 73.6 Å². The van der Waals surface area contributed by atoms with Crippen LogP contribution in [0.1, 0.15) is 13.8 Å². The molecule has 3 N–H and O–H groups in total. The summed E-state index contributed by atoms with van der Waals surface area (Å²) < 4.78 is 5.01. The lowest BCUT2D eigenvalue weighted by molar-refractivity contribution is -0.835. The summed E-state index contributed by atoms with van der Waals surface area (Å²) in [5, 5.41) is 10.7. The molecule has 0 saturated carbocycles. The minimum absolute atomic E-state index is 0.0116. The van der Waals surface area contributed by atoms with E-state index in [1.54, 1.807) is 13.8 Å². The second kappa shape index (κ2) is 7.75. The number of ether oxygens (including phenoxy) is 1. The maximum absolute atomic E-state index is 9.62. The third kappa shape index (κ3) is 11.1. The summed E-state index contributed by atoms with van der Waals surface area (Å²) in [5.41, 5.74) is 2.14. The maximum atomic E-state index is 9.62. The normalized spacial score (nSPS) is 15.9. The van der Waals surface area contributed by atoms with Gasteiger partial charge in [0, 0.05) is 13.1 Å². The lowest BCUT2D eigenvalue weighted by Crippen LogP contribution is -2.30. The molecule has 0 bridgehead atoms. The zero-order valence-electron chi connectivity index (χ0n) is 8.12. The molecule has 0 aliphatic carbocycles. The third-order valence-electron chi connectivity index (χ3n) is 1.21. The van der Waals surface area contributed by atoms with Gasteiger partial charge in [-0.15, -0.1) is 0 Å². The molecule has 0 amide bonds. The van der Waals surface area contributed by atoms with Crippen LogP contribution in [-0.4, -0.2) is 42.6 Å². The molecule has 0 aromatic carbocycles. The molecule has 0 atom stereocenters. The van der Waals surface area contributed by atoms with Crippen molar-refractivity contribution in [2.45, 2.75) is 19.9 Å². The Balaban J connectivity index is 0.000000223. The van der Waals surface area contributed by atoms with Crippen LogP contribution in [0.15, 0.2) is 0 Å². The molecule has 0 aromatic heterocycles. The summed E-state index contributed by atoms with van der Waals surface area (Å²) in [6.45, 7) is 7.34. The highest BCUT2D eigenvalue weighted by molar-refractivity contribution is 4.49. The summed E-state index contributed by atoms with van der Waals surface area (Å²) in [5.74, 6) is 0. The van der Waals surface area contributed by atoms with Gasteiger partial charge < -0.3 is 10.1 Å². The van der Waals surface area contributed by atoms with Gasteiger partial charge in [-0.3, -0.25) is 0 Å². The first kappa shape index (κ1) is 12.1.